The van der Waals surface area contributed by atoms with Crippen molar-refractivity contribution in [2.24, 2.45) is 11.3 Å². The van der Waals surface area contributed by atoms with Gasteiger partial charge < -0.3 is 15.0 Å². The quantitative estimate of drug-likeness (QED) is 0.538. The first-order valence-corrected chi connectivity index (χ1v) is 12.2. The van der Waals surface area contributed by atoms with Crippen molar-refractivity contribution in [1.29, 1.82) is 0 Å². The molecule has 8 nitrogen and oxygen atoms in total. The lowest BCUT2D eigenvalue weighted by Gasteiger charge is -2.40. The van der Waals surface area contributed by atoms with Gasteiger partial charge in [0.15, 0.2) is 6.10 Å². The first kappa shape index (κ1) is 24.2. The van der Waals surface area contributed by atoms with Crippen LogP contribution in [0, 0.1) is 11.3 Å². The third kappa shape index (κ3) is 4.55. The second-order valence-electron chi connectivity index (χ2n) is 10.9. The molecule has 1 spiro atoms. The van der Waals surface area contributed by atoms with E-state index in [2.05, 4.69) is 26.1 Å². The van der Waals surface area contributed by atoms with Gasteiger partial charge in [-0.1, -0.05) is 39.0 Å². The number of hydrogen-bond donors (Lipinski definition) is 1. The molecule has 3 aliphatic rings. The third-order valence-corrected chi connectivity index (χ3v) is 7.63. The molecule has 184 valence electrons. The number of urea groups is 1. The van der Waals surface area contributed by atoms with Gasteiger partial charge in [-0.3, -0.25) is 19.3 Å². The molecule has 2 heterocycles. The van der Waals surface area contributed by atoms with Crippen molar-refractivity contribution in [1.82, 2.24) is 10.2 Å². The second-order valence-corrected chi connectivity index (χ2v) is 10.9. The zero-order valence-corrected chi connectivity index (χ0v) is 20.6. The number of ether oxygens (including phenoxy) is 1. The summed E-state index contributed by atoms with van der Waals surface area (Å²) < 4.78 is 5.37. The van der Waals surface area contributed by atoms with Crippen molar-refractivity contribution in [3.05, 3.63) is 29.8 Å². The summed E-state index contributed by atoms with van der Waals surface area (Å²) in [5.41, 5.74) is 1.14. The van der Waals surface area contributed by atoms with E-state index in [0.717, 1.165) is 41.8 Å². The lowest BCUT2D eigenvalue weighted by molar-refractivity contribution is -0.156. The van der Waals surface area contributed by atoms with E-state index in [4.69, 9.17) is 4.74 Å². The summed E-state index contributed by atoms with van der Waals surface area (Å²) >= 11 is 0. The van der Waals surface area contributed by atoms with E-state index in [-0.39, 0.29) is 17.2 Å². The van der Waals surface area contributed by atoms with Crippen LogP contribution in [0.1, 0.15) is 65.4 Å². The number of para-hydroxylation sites is 1. The number of carbonyl (C=O) groups excluding carboxylic acids is 4. The number of benzene rings is 1. The Bertz CT molecular complexity index is 990. The number of anilines is 1. The van der Waals surface area contributed by atoms with Crippen molar-refractivity contribution in [2.75, 3.05) is 18.0 Å². The minimum Gasteiger partial charge on any atom is -0.451 e. The van der Waals surface area contributed by atoms with Crippen LogP contribution in [0.5, 0.6) is 0 Å². The lowest BCUT2D eigenvalue weighted by Crippen LogP contribution is -2.51. The van der Waals surface area contributed by atoms with Crippen molar-refractivity contribution < 1.29 is 23.9 Å². The monoisotopic (exact) mass is 469 g/mol. The van der Waals surface area contributed by atoms with Gasteiger partial charge in [0, 0.05) is 12.2 Å². The molecule has 1 N–H and O–H groups in total. The summed E-state index contributed by atoms with van der Waals surface area (Å²) in [6.45, 7) is 8.17. The van der Waals surface area contributed by atoms with Gasteiger partial charge in [-0.25, -0.2) is 4.79 Å². The van der Waals surface area contributed by atoms with E-state index < -0.39 is 30.2 Å². The second kappa shape index (κ2) is 9.04. The van der Waals surface area contributed by atoms with Crippen molar-refractivity contribution >= 4 is 29.5 Å². The zero-order chi connectivity index (χ0) is 24.7. The summed E-state index contributed by atoms with van der Waals surface area (Å²) in [5.74, 6) is -0.968. The van der Waals surface area contributed by atoms with Gasteiger partial charge in [-0.15, -0.1) is 0 Å². The van der Waals surface area contributed by atoms with Crippen LogP contribution in [-0.4, -0.2) is 53.4 Å². The van der Waals surface area contributed by atoms with Crippen LogP contribution >= 0.6 is 0 Å². The highest BCUT2D eigenvalue weighted by Gasteiger charge is 2.53. The molecule has 2 aliphatic heterocycles. The van der Waals surface area contributed by atoms with Crippen LogP contribution in [0.15, 0.2) is 24.3 Å². The maximum absolute atomic E-state index is 13.1. The van der Waals surface area contributed by atoms with E-state index in [9.17, 15) is 19.2 Å². The van der Waals surface area contributed by atoms with E-state index in [1.165, 1.54) is 6.92 Å². The highest BCUT2D eigenvalue weighted by atomic mass is 16.5. The van der Waals surface area contributed by atoms with E-state index in [1.54, 1.807) is 4.90 Å². The zero-order valence-electron chi connectivity index (χ0n) is 20.6. The smallest absolute Gasteiger partial charge is 0.327 e. The predicted octanol–water partition coefficient (Wildman–Crippen LogP) is 3.42. The average molecular weight is 470 g/mol. The largest absolute Gasteiger partial charge is 0.451 e. The normalized spacial score (nSPS) is 25.7. The van der Waals surface area contributed by atoms with Gasteiger partial charge in [-0.2, -0.15) is 0 Å². The van der Waals surface area contributed by atoms with E-state index in [0.29, 0.717) is 25.3 Å². The molecular weight excluding hydrogens is 434 g/mol. The van der Waals surface area contributed by atoms with Crippen LogP contribution in [0.3, 0.4) is 0 Å². The summed E-state index contributed by atoms with van der Waals surface area (Å²) in [5, 5.41) is 2.84. The maximum atomic E-state index is 13.1. The minimum atomic E-state index is -1.02. The molecule has 1 aliphatic carbocycles. The number of aryl methyl sites for hydroxylation is 1. The topological polar surface area (TPSA) is 96.0 Å². The molecule has 4 amide bonds. The number of hydrogen-bond acceptors (Lipinski definition) is 5. The van der Waals surface area contributed by atoms with Gasteiger partial charge in [0.05, 0.1) is 0 Å². The molecule has 1 saturated heterocycles. The number of esters is 1. The molecule has 0 radical (unpaired) electrons. The Morgan fingerprint density at radius 1 is 1.18 bits per heavy atom. The SMILES string of the molecule is CC(OC(=O)CN1C(=O)NC2(CCC(C(C)(C)C)CC2)C1=O)C(=O)N1CCCc2ccccc21. The highest BCUT2D eigenvalue weighted by molar-refractivity contribution is 6.09. The Balaban J connectivity index is 1.36. The van der Waals surface area contributed by atoms with Crippen LogP contribution in [0.4, 0.5) is 10.5 Å². The molecule has 0 bridgehead atoms. The summed E-state index contributed by atoms with van der Waals surface area (Å²) in [4.78, 5) is 53.9. The Labute approximate surface area is 201 Å². The van der Waals surface area contributed by atoms with Gasteiger partial charge in [0.2, 0.25) is 0 Å². The Morgan fingerprint density at radius 3 is 2.53 bits per heavy atom. The standard InChI is InChI=1S/C26H35N3O5/c1-17(22(31)28-15-7-9-18-8-5-6-10-20(18)28)34-21(30)16-29-23(32)26(27-24(29)33)13-11-19(12-14-26)25(2,3)4/h5-6,8,10,17,19H,7,9,11-16H2,1-4H3,(H,27,33). The third-order valence-electron chi connectivity index (χ3n) is 7.63. The number of rotatable bonds is 4. The summed E-state index contributed by atoms with van der Waals surface area (Å²) in [7, 11) is 0. The molecule has 2 fully saturated rings. The molecule has 4 rings (SSSR count). The number of fused-ring (bicyclic) bond motifs is 1. The molecule has 1 aromatic rings. The number of amides is 4. The number of nitrogens with zero attached hydrogens (tertiary/aromatic N) is 2. The van der Waals surface area contributed by atoms with Crippen molar-refractivity contribution in [3.63, 3.8) is 0 Å². The number of nitrogens with one attached hydrogen (secondary N) is 1. The molecule has 8 heteroatoms. The molecule has 1 saturated carbocycles. The van der Waals surface area contributed by atoms with Crippen LogP contribution in [-0.2, 0) is 25.5 Å². The molecule has 34 heavy (non-hydrogen) atoms. The van der Waals surface area contributed by atoms with Crippen molar-refractivity contribution in [3.8, 4) is 0 Å². The minimum absolute atomic E-state index is 0.147. The number of carbonyl (C=O) groups is 4. The molecule has 1 atom stereocenters. The van der Waals surface area contributed by atoms with Crippen molar-refractivity contribution in [2.45, 2.75) is 77.9 Å². The highest BCUT2D eigenvalue weighted by Crippen LogP contribution is 2.43. The fraction of sp³-hybridized carbons (Fsp3) is 0.615. The van der Waals surface area contributed by atoms with Gasteiger partial charge in [0.1, 0.15) is 12.1 Å². The Kier molecular flexibility index (Phi) is 6.44. The predicted molar refractivity (Wildman–Crippen MR) is 127 cm³/mol. The fourth-order valence-electron chi connectivity index (χ4n) is 5.53. The fourth-order valence-corrected chi connectivity index (χ4v) is 5.53. The molecule has 1 unspecified atom stereocenters. The Morgan fingerprint density at radius 2 is 1.85 bits per heavy atom. The van der Waals surface area contributed by atoms with E-state index in [1.807, 2.05) is 24.3 Å². The van der Waals surface area contributed by atoms with Gasteiger partial charge in [0.25, 0.3) is 11.8 Å². The van der Waals surface area contributed by atoms with Gasteiger partial charge in [-0.05, 0) is 68.4 Å². The first-order valence-electron chi connectivity index (χ1n) is 12.2. The first-order chi connectivity index (χ1) is 16.0. The molecular formula is C26H35N3O5. The van der Waals surface area contributed by atoms with Gasteiger partial charge >= 0.3 is 12.0 Å². The van der Waals surface area contributed by atoms with Crippen LogP contribution in [0.2, 0.25) is 0 Å². The maximum Gasteiger partial charge on any atom is 0.327 e. The Hall–Kier alpha value is -2.90. The van der Waals surface area contributed by atoms with Crippen LogP contribution < -0.4 is 10.2 Å². The average Bonchev–Trinajstić information content (AvgIpc) is 3.01. The molecule has 1 aromatic carbocycles. The molecule has 0 aromatic heterocycles. The lowest BCUT2D eigenvalue weighted by atomic mass is 9.67. The van der Waals surface area contributed by atoms with Crippen LogP contribution in [0.25, 0.3) is 0 Å². The number of imide groups is 1. The van der Waals surface area contributed by atoms with E-state index >= 15 is 0 Å². The summed E-state index contributed by atoms with van der Waals surface area (Å²) in [6, 6.07) is 7.14. The summed E-state index contributed by atoms with van der Waals surface area (Å²) in [6.07, 6.45) is 3.54.